The van der Waals surface area contributed by atoms with Gasteiger partial charge in [0.2, 0.25) is 0 Å². The summed E-state index contributed by atoms with van der Waals surface area (Å²) in [5.41, 5.74) is 0.981. The van der Waals surface area contributed by atoms with Gasteiger partial charge in [0.1, 0.15) is 12.1 Å². The topological polar surface area (TPSA) is 49.8 Å². The quantitative estimate of drug-likeness (QED) is 0.719. The van der Waals surface area contributed by atoms with Gasteiger partial charge in [-0.05, 0) is 20.9 Å². The molecule has 1 unspecified atom stereocenters. The van der Waals surface area contributed by atoms with E-state index in [4.69, 9.17) is 0 Å². The molecule has 0 aliphatic carbocycles. The molecule has 1 aromatic rings. The Labute approximate surface area is 78.8 Å². The molecular weight excluding hydrogens is 164 g/mol. The van der Waals surface area contributed by atoms with E-state index in [0.717, 1.165) is 18.1 Å². The third kappa shape index (κ3) is 3.38. The number of nitrogens with zero attached hydrogens (tertiary/aromatic N) is 2. The normalized spacial score (nSPS) is 12.5. The van der Waals surface area contributed by atoms with Gasteiger partial charge in [0, 0.05) is 24.3 Å². The highest BCUT2D eigenvalue weighted by atomic mass is 15.0. The third-order valence-electron chi connectivity index (χ3n) is 1.89. The van der Waals surface area contributed by atoms with E-state index < -0.39 is 0 Å². The molecule has 0 fully saturated rings. The average molecular weight is 180 g/mol. The summed E-state index contributed by atoms with van der Waals surface area (Å²) < 4.78 is 0. The summed E-state index contributed by atoms with van der Waals surface area (Å²) in [6.07, 6.45) is 1.57. The summed E-state index contributed by atoms with van der Waals surface area (Å²) >= 11 is 0. The fraction of sp³-hybridized carbons (Fsp3) is 0.556. The molecule has 0 bridgehead atoms. The van der Waals surface area contributed by atoms with E-state index in [9.17, 15) is 0 Å². The Kier molecular flexibility index (Phi) is 3.64. The number of anilines is 1. The molecule has 13 heavy (non-hydrogen) atoms. The van der Waals surface area contributed by atoms with Gasteiger partial charge in [-0.25, -0.2) is 9.97 Å². The first-order valence-electron chi connectivity index (χ1n) is 4.42. The molecule has 0 aliphatic heterocycles. The molecule has 4 nitrogen and oxygen atoms in total. The lowest BCUT2D eigenvalue weighted by Gasteiger charge is -2.11. The number of aryl methyl sites for hydroxylation is 1. The van der Waals surface area contributed by atoms with Crippen LogP contribution in [0.1, 0.15) is 12.6 Å². The molecule has 1 heterocycles. The minimum atomic E-state index is 0.440. The molecule has 0 aromatic carbocycles. The number of hydrogen-bond acceptors (Lipinski definition) is 4. The van der Waals surface area contributed by atoms with Gasteiger partial charge in [-0.15, -0.1) is 0 Å². The molecule has 4 heteroatoms. The second-order valence-corrected chi connectivity index (χ2v) is 3.12. The van der Waals surface area contributed by atoms with Crippen molar-refractivity contribution in [2.45, 2.75) is 19.9 Å². The summed E-state index contributed by atoms with van der Waals surface area (Å²) in [5, 5.41) is 6.37. The molecule has 0 spiro atoms. The number of likely N-dealkylation sites (N-methyl/N-ethyl adjacent to an activating group) is 1. The maximum absolute atomic E-state index is 4.10. The molecule has 0 aliphatic rings. The Morgan fingerprint density at radius 3 is 2.85 bits per heavy atom. The lowest BCUT2D eigenvalue weighted by molar-refractivity contribution is 0.637. The first kappa shape index (κ1) is 9.92. The van der Waals surface area contributed by atoms with Crippen molar-refractivity contribution in [3.8, 4) is 0 Å². The largest absolute Gasteiger partial charge is 0.368 e. The van der Waals surface area contributed by atoms with E-state index in [1.54, 1.807) is 6.33 Å². The minimum Gasteiger partial charge on any atom is -0.368 e. The zero-order valence-electron chi connectivity index (χ0n) is 8.33. The van der Waals surface area contributed by atoms with Crippen LogP contribution in [-0.4, -0.2) is 29.6 Å². The van der Waals surface area contributed by atoms with Crippen molar-refractivity contribution >= 4 is 5.82 Å². The molecular formula is C9H16N4. The second-order valence-electron chi connectivity index (χ2n) is 3.12. The first-order valence-corrected chi connectivity index (χ1v) is 4.42. The fourth-order valence-electron chi connectivity index (χ4n) is 0.911. The van der Waals surface area contributed by atoms with Crippen LogP contribution < -0.4 is 10.6 Å². The maximum atomic E-state index is 4.10. The summed E-state index contributed by atoms with van der Waals surface area (Å²) in [5.74, 6) is 0.884. The Morgan fingerprint density at radius 2 is 2.23 bits per heavy atom. The van der Waals surface area contributed by atoms with E-state index in [-0.39, 0.29) is 0 Å². The van der Waals surface area contributed by atoms with Crippen LogP contribution in [0.3, 0.4) is 0 Å². The highest BCUT2D eigenvalue weighted by molar-refractivity contribution is 5.34. The zero-order valence-corrected chi connectivity index (χ0v) is 8.33. The number of hydrogen-bond donors (Lipinski definition) is 2. The molecule has 2 N–H and O–H groups in total. The van der Waals surface area contributed by atoms with Crippen molar-refractivity contribution in [2.75, 3.05) is 18.9 Å². The molecule has 1 atom stereocenters. The summed E-state index contributed by atoms with van der Waals surface area (Å²) in [6, 6.07) is 2.37. The Morgan fingerprint density at radius 1 is 1.46 bits per heavy atom. The molecule has 0 saturated heterocycles. The van der Waals surface area contributed by atoms with Crippen molar-refractivity contribution < 1.29 is 0 Å². The monoisotopic (exact) mass is 180 g/mol. The summed E-state index contributed by atoms with van der Waals surface area (Å²) in [6.45, 7) is 4.93. The van der Waals surface area contributed by atoms with Gasteiger partial charge >= 0.3 is 0 Å². The molecule has 1 rings (SSSR count). The first-order chi connectivity index (χ1) is 6.22. The summed E-state index contributed by atoms with van der Waals surface area (Å²) in [4.78, 5) is 8.12. The van der Waals surface area contributed by atoms with Crippen molar-refractivity contribution in [2.24, 2.45) is 0 Å². The van der Waals surface area contributed by atoms with Crippen LogP contribution in [0.5, 0.6) is 0 Å². The highest BCUT2D eigenvalue weighted by Gasteiger charge is 1.98. The molecule has 1 aromatic heterocycles. The van der Waals surface area contributed by atoms with Crippen LogP contribution in [0, 0.1) is 6.92 Å². The number of nitrogens with one attached hydrogen (secondary N) is 2. The Bertz CT molecular complexity index is 262. The van der Waals surface area contributed by atoms with E-state index in [1.807, 2.05) is 20.0 Å². The van der Waals surface area contributed by atoms with E-state index >= 15 is 0 Å². The van der Waals surface area contributed by atoms with E-state index in [0.29, 0.717) is 6.04 Å². The van der Waals surface area contributed by atoms with Crippen LogP contribution >= 0.6 is 0 Å². The van der Waals surface area contributed by atoms with Crippen molar-refractivity contribution in [3.63, 3.8) is 0 Å². The third-order valence-corrected chi connectivity index (χ3v) is 1.89. The standard InChI is InChI=1S/C9H16N4/c1-7-4-9(13-6-12-7)11-5-8(2)10-3/h4,6,8,10H,5H2,1-3H3,(H,11,12,13). The van der Waals surface area contributed by atoms with Crippen molar-refractivity contribution in [3.05, 3.63) is 18.1 Å². The Balaban J connectivity index is 2.45. The van der Waals surface area contributed by atoms with Gasteiger partial charge < -0.3 is 10.6 Å². The number of rotatable bonds is 4. The fourth-order valence-corrected chi connectivity index (χ4v) is 0.911. The Hall–Kier alpha value is -1.16. The van der Waals surface area contributed by atoms with Crippen LogP contribution in [0.25, 0.3) is 0 Å². The van der Waals surface area contributed by atoms with Gasteiger partial charge in [-0.1, -0.05) is 0 Å². The van der Waals surface area contributed by atoms with E-state index in [1.165, 1.54) is 0 Å². The second kappa shape index (κ2) is 4.77. The van der Waals surface area contributed by atoms with Crippen LogP contribution in [0.15, 0.2) is 12.4 Å². The van der Waals surface area contributed by atoms with Crippen molar-refractivity contribution in [1.29, 1.82) is 0 Å². The zero-order chi connectivity index (χ0) is 9.68. The molecule has 0 saturated carbocycles. The predicted octanol–water partition coefficient (Wildman–Crippen LogP) is 0.805. The van der Waals surface area contributed by atoms with Crippen molar-refractivity contribution in [1.82, 2.24) is 15.3 Å². The highest BCUT2D eigenvalue weighted by Crippen LogP contribution is 2.01. The summed E-state index contributed by atoms with van der Waals surface area (Å²) in [7, 11) is 1.94. The lowest BCUT2D eigenvalue weighted by atomic mass is 10.3. The molecule has 0 amide bonds. The molecule has 0 radical (unpaired) electrons. The SMILES string of the molecule is CNC(C)CNc1cc(C)ncn1. The van der Waals surface area contributed by atoms with Gasteiger partial charge in [0.15, 0.2) is 0 Å². The number of aromatic nitrogens is 2. The predicted molar refractivity (Wildman–Crippen MR) is 53.8 cm³/mol. The minimum absolute atomic E-state index is 0.440. The molecule has 72 valence electrons. The van der Waals surface area contributed by atoms with Crippen LogP contribution in [-0.2, 0) is 0 Å². The van der Waals surface area contributed by atoms with Crippen LogP contribution in [0.4, 0.5) is 5.82 Å². The van der Waals surface area contributed by atoms with Gasteiger partial charge in [0.05, 0.1) is 0 Å². The maximum Gasteiger partial charge on any atom is 0.129 e. The van der Waals surface area contributed by atoms with Crippen LogP contribution in [0.2, 0.25) is 0 Å². The smallest absolute Gasteiger partial charge is 0.129 e. The van der Waals surface area contributed by atoms with Gasteiger partial charge in [-0.2, -0.15) is 0 Å². The van der Waals surface area contributed by atoms with Gasteiger partial charge in [-0.3, -0.25) is 0 Å². The lowest BCUT2D eigenvalue weighted by Crippen LogP contribution is -2.29. The average Bonchev–Trinajstić information content (AvgIpc) is 2.14. The van der Waals surface area contributed by atoms with E-state index in [2.05, 4.69) is 27.5 Å². The van der Waals surface area contributed by atoms with Gasteiger partial charge in [0.25, 0.3) is 0 Å².